The summed E-state index contributed by atoms with van der Waals surface area (Å²) in [6.45, 7) is 6.56. The lowest BCUT2D eigenvalue weighted by Gasteiger charge is -2.34. The Labute approximate surface area is 122 Å². The van der Waals surface area contributed by atoms with E-state index in [4.69, 9.17) is 0 Å². The minimum absolute atomic E-state index is 0.272. The van der Waals surface area contributed by atoms with Crippen molar-refractivity contribution < 1.29 is 4.79 Å². The number of hydrogen-bond acceptors (Lipinski definition) is 2. The van der Waals surface area contributed by atoms with Gasteiger partial charge in [-0.05, 0) is 51.3 Å². The molecule has 1 saturated heterocycles. The Balaban J connectivity index is 1.89. The Kier molecular flexibility index (Phi) is 5.18. The second kappa shape index (κ2) is 6.89. The predicted molar refractivity (Wildman–Crippen MR) is 82.5 cm³/mol. The molecule has 110 valence electrons. The molecule has 0 radical (unpaired) electrons. The van der Waals surface area contributed by atoms with E-state index in [1.165, 1.54) is 17.5 Å². The highest BCUT2D eigenvalue weighted by atomic mass is 16.2. The maximum Gasteiger partial charge on any atom is 0.236 e. The fourth-order valence-corrected chi connectivity index (χ4v) is 2.92. The van der Waals surface area contributed by atoms with Crippen molar-refractivity contribution in [1.82, 2.24) is 9.80 Å². The molecule has 1 amide bonds. The third-order valence-corrected chi connectivity index (χ3v) is 4.23. The molecule has 0 bridgehead atoms. The van der Waals surface area contributed by atoms with Crippen molar-refractivity contribution in [2.24, 2.45) is 0 Å². The molecule has 1 unspecified atom stereocenters. The van der Waals surface area contributed by atoms with Crippen LogP contribution in [0.15, 0.2) is 24.3 Å². The van der Waals surface area contributed by atoms with Crippen molar-refractivity contribution in [3.05, 3.63) is 35.4 Å². The van der Waals surface area contributed by atoms with Crippen molar-refractivity contribution in [2.45, 2.75) is 45.7 Å². The van der Waals surface area contributed by atoms with Crippen LogP contribution in [-0.4, -0.2) is 41.9 Å². The molecule has 0 N–H and O–H groups in total. The fraction of sp³-hybridized carbons (Fsp3) is 0.588. The number of carbonyl (C=O) groups excluding carboxylic acids is 1. The van der Waals surface area contributed by atoms with Crippen molar-refractivity contribution in [3.8, 4) is 0 Å². The van der Waals surface area contributed by atoms with Gasteiger partial charge in [0.05, 0.1) is 6.54 Å². The van der Waals surface area contributed by atoms with Gasteiger partial charge in [-0.2, -0.15) is 0 Å². The van der Waals surface area contributed by atoms with Crippen molar-refractivity contribution in [2.75, 3.05) is 20.1 Å². The first-order valence-electron chi connectivity index (χ1n) is 7.60. The molecule has 0 saturated carbocycles. The number of hydrogen-bond donors (Lipinski definition) is 0. The Morgan fingerprint density at radius 3 is 2.80 bits per heavy atom. The van der Waals surface area contributed by atoms with Crippen LogP contribution in [0.2, 0.25) is 0 Å². The van der Waals surface area contributed by atoms with E-state index in [9.17, 15) is 4.79 Å². The van der Waals surface area contributed by atoms with E-state index in [2.05, 4.69) is 47.9 Å². The molecule has 1 aliphatic rings. The predicted octanol–water partition coefficient (Wildman–Crippen LogP) is 2.83. The average molecular weight is 274 g/mol. The lowest BCUT2D eigenvalue weighted by molar-refractivity contribution is -0.135. The van der Waals surface area contributed by atoms with E-state index in [0.717, 1.165) is 25.9 Å². The lowest BCUT2D eigenvalue weighted by Crippen LogP contribution is -2.46. The molecule has 0 aromatic heterocycles. The minimum atomic E-state index is 0.272. The quantitative estimate of drug-likeness (QED) is 0.843. The number of carbonyl (C=O) groups is 1. The molecular weight excluding hydrogens is 248 g/mol. The average Bonchev–Trinajstić information content (AvgIpc) is 2.41. The summed E-state index contributed by atoms with van der Waals surface area (Å²) in [4.78, 5) is 16.5. The molecule has 1 aromatic rings. The Bertz CT molecular complexity index is 458. The zero-order valence-electron chi connectivity index (χ0n) is 12.9. The first-order valence-corrected chi connectivity index (χ1v) is 7.60. The first kappa shape index (κ1) is 15.0. The number of amides is 1. The molecule has 3 heteroatoms. The van der Waals surface area contributed by atoms with Gasteiger partial charge >= 0.3 is 0 Å². The second-order valence-electron chi connectivity index (χ2n) is 6.03. The van der Waals surface area contributed by atoms with Gasteiger partial charge in [0, 0.05) is 19.1 Å². The van der Waals surface area contributed by atoms with E-state index in [1.807, 2.05) is 7.05 Å². The number of nitrogens with zero attached hydrogens (tertiary/aromatic N) is 2. The van der Waals surface area contributed by atoms with Crippen LogP contribution in [0.5, 0.6) is 0 Å². The van der Waals surface area contributed by atoms with E-state index < -0.39 is 0 Å². The summed E-state index contributed by atoms with van der Waals surface area (Å²) >= 11 is 0. The summed E-state index contributed by atoms with van der Waals surface area (Å²) < 4.78 is 0. The summed E-state index contributed by atoms with van der Waals surface area (Å²) in [5, 5.41) is 0. The van der Waals surface area contributed by atoms with Gasteiger partial charge in [-0.3, -0.25) is 9.69 Å². The molecule has 3 nitrogen and oxygen atoms in total. The van der Waals surface area contributed by atoms with Crippen LogP contribution < -0.4 is 0 Å². The summed E-state index contributed by atoms with van der Waals surface area (Å²) in [6.07, 6.45) is 3.55. The monoisotopic (exact) mass is 274 g/mol. The molecule has 1 aromatic carbocycles. The van der Waals surface area contributed by atoms with Gasteiger partial charge < -0.3 is 4.90 Å². The zero-order valence-corrected chi connectivity index (χ0v) is 12.9. The number of likely N-dealkylation sites (N-methyl/N-ethyl adjacent to an activating group) is 1. The van der Waals surface area contributed by atoms with Crippen LogP contribution in [0.3, 0.4) is 0 Å². The summed E-state index contributed by atoms with van der Waals surface area (Å²) in [6, 6.07) is 8.78. The Hall–Kier alpha value is -1.35. The van der Waals surface area contributed by atoms with Gasteiger partial charge in [-0.1, -0.05) is 24.3 Å². The van der Waals surface area contributed by atoms with Crippen LogP contribution >= 0.6 is 0 Å². The summed E-state index contributed by atoms with van der Waals surface area (Å²) in [7, 11) is 2.03. The lowest BCUT2D eigenvalue weighted by atomic mass is 10.0. The second-order valence-corrected chi connectivity index (χ2v) is 6.03. The molecular formula is C17H26N2O. The topological polar surface area (TPSA) is 23.6 Å². The van der Waals surface area contributed by atoms with Gasteiger partial charge in [0.1, 0.15) is 0 Å². The smallest absolute Gasteiger partial charge is 0.236 e. The maximum absolute atomic E-state index is 12.4. The van der Waals surface area contributed by atoms with E-state index in [-0.39, 0.29) is 5.91 Å². The van der Waals surface area contributed by atoms with Crippen LogP contribution in [-0.2, 0) is 11.3 Å². The number of benzene rings is 1. The van der Waals surface area contributed by atoms with Crippen LogP contribution in [0.25, 0.3) is 0 Å². The number of rotatable bonds is 4. The van der Waals surface area contributed by atoms with E-state index >= 15 is 0 Å². The largest absolute Gasteiger partial charge is 0.339 e. The molecule has 1 aliphatic heterocycles. The zero-order chi connectivity index (χ0) is 14.5. The van der Waals surface area contributed by atoms with Crippen molar-refractivity contribution in [3.63, 3.8) is 0 Å². The van der Waals surface area contributed by atoms with Gasteiger partial charge in [-0.15, -0.1) is 0 Å². The van der Waals surface area contributed by atoms with Gasteiger partial charge in [0.15, 0.2) is 0 Å². The highest BCUT2D eigenvalue weighted by molar-refractivity contribution is 5.78. The molecule has 0 aliphatic carbocycles. The number of piperidine rings is 1. The molecule has 0 spiro atoms. The van der Waals surface area contributed by atoms with Crippen molar-refractivity contribution in [1.29, 1.82) is 0 Å². The van der Waals surface area contributed by atoms with Crippen LogP contribution in [0.1, 0.15) is 37.3 Å². The highest BCUT2D eigenvalue weighted by Crippen LogP contribution is 2.17. The summed E-state index contributed by atoms with van der Waals surface area (Å²) in [5.74, 6) is 0.272. The van der Waals surface area contributed by atoms with Crippen LogP contribution in [0.4, 0.5) is 0 Å². The molecule has 1 atom stereocenters. The standard InChI is InChI=1S/C17H26N2O/c1-14-8-4-5-10-16(14)12-18(3)13-17(20)19-11-7-6-9-15(19)2/h4-5,8,10,15H,6-7,9,11-13H2,1-3H3. The Morgan fingerprint density at radius 2 is 2.10 bits per heavy atom. The SMILES string of the molecule is Cc1ccccc1CN(C)CC(=O)N1CCCCC1C. The highest BCUT2D eigenvalue weighted by Gasteiger charge is 2.23. The normalized spacial score (nSPS) is 19.4. The number of aryl methyl sites for hydroxylation is 1. The van der Waals surface area contributed by atoms with E-state index in [0.29, 0.717) is 12.6 Å². The van der Waals surface area contributed by atoms with Gasteiger partial charge in [0.25, 0.3) is 0 Å². The third kappa shape index (κ3) is 3.83. The molecule has 1 heterocycles. The minimum Gasteiger partial charge on any atom is -0.339 e. The summed E-state index contributed by atoms with van der Waals surface area (Å²) in [5.41, 5.74) is 2.59. The fourth-order valence-electron chi connectivity index (χ4n) is 2.92. The third-order valence-electron chi connectivity index (χ3n) is 4.23. The maximum atomic E-state index is 12.4. The first-order chi connectivity index (χ1) is 9.58. The Morgan fingerprint density at radius 1 is 1.35 bits per heavy atom. The van der Waals surface area contributed by atoms with Gasteiger partial charge in [0.2, 0.25) is 5.91 Å². The number of likely N-dealkylation sites (tertiary alicyclic amines) is 1. The molecule has 2 rings (SSSR count). The van der Waals surface area contributed by atoms with Gasteiger partial charge in [-0.25, -0.2) is 0 Å². The molecule has 1 fully saturated rings. The molecule has 20 heavy (non-hydrogen) atoms. The van der Waals surface area contributed by atoms with Crippen LogP contribution in [0, 0.1) is 6.92 Å². The van der Waals surface area contributed by atoms with Crippen molar-refractivity contribution >= 4 is 5.91 Å². The van der Waals surface area contributed by atoms with E-state index in [1.54, 1.807) is 0 Å².